The highest BCUT2D eigenvalue weighted by Crippen LogP contribution is 2.33. The standard InChI is InChI=1S/C30H34N6O6/c1-40-19-10-18(11-20(12-19)41-2)30(39)35-25-23(42-24(14-37)27(25)38)13-36-16-33-26-28(31-15-32-29(26)36)34-22-9-5-7-17-6-3-4-8-21(17)22/h3-4,6,8,10-12,15-16,22-25,27,37-38H,5,7,9,13-14H2,1-2H3,(H,35,39)(H,31,32,34)/t22?,23?,24?,25-,27+/m1/s1. The number of anilines is 1. The molecular formula is C30H34N6O6. The molecular weight excluding hydrogens is 540 g/mol. The van der Waals surface area contributed by atoms with Crippen LogP contribution in [0.4, 0.5) is 5.82 Å². The maximum atomic E-state index is 13.3. The number of benzene rings is 2. The number of carbonyl (C=O) groups excluding carboxylic acids is 1. The van der Waals surface area contributed by atoms with Crippen LogP contribution < -0.4 is 20.1 Å². The number of amides is 1. The van der Waals surface area contributed by atoms with Crippen LogP contribution in [0.15, 0.2) is 55.1 Å². The van der Waals surface area contributed by atoms with E-state index in [9.17, 15) is 15.0 Å². The summed E-state index contributed by atoms with van der Waals surface area (Å²) in [5, 5.41) is 27.3. The summed E-state index contributed by atoms with van der Waals surface area (Å²) in [4.78, 5) is 26.8. The second-order valence-electron chi connectivity index (χ2n) is 10.6. The second-order valence-corrected chi connectivity index (χ2v) is 10.6. The fraction of sp³-hybridized carbons (Fsp3) is 0.400. The number of fused-ring (bicyclic) bond motifs is 2. The number of aryl methyl sites for hydroxylation is 1. The molecule has 1 amide bonds. The lowest BCUT2D eigenvalue weighted by molar-refractivity contribution is -0.0255. The monoisotopic (exact) mass is 574 g/mol. The normalized spacial score (nSPS) is 23.4. The number of nitrogens with zero attached hydrogens (tertiary/aromatic N) is 4. The molecule has 1 fully saturated rings. The smallest absolute Gasteiger partial charge is 0.251 e. The zero-order valence-corrected chi connectivity index (χ0v) is 23.4. The van der Waals surface area contributed by atoms with E-state index in [0.29, 0.717) is 34.0 Å². The first-order valence-electron chi connectivity index (χ1n) is 14.0. The third kappa shape index (κ3) is 5.36. The van der Waals surface area contributed by atoms with E-state index >= 15 is 0 Å². The lowest BCUT2D eigenvalue weighted by Gasteiger charge is -2.26. The Morgan fingerprint density at radius 1 is 1.10 bits per heavy atom. The SMILES string of the molecule is COc1cc(OC)cc(C(=O)N[C@@H]2C(Cn3cnc4c(NC5CCCc6ccccc65)ncnc43)OC(CO)[C@@H]2O)c1. The lowest BCUT2D eigenvalue weighted by atomic mass is 9.88. The van der Waals surface area contributed by atoms with Crippen LogP contribution in [0.3, 0.4) is 0 Å². The van der Waals surface area contributed by atoms with E-state index < -0.39 is 36.9 Å². The number of aliphatic hydroxyl groups excluding tert-OH is 2. The fourth-order valence-electron chi connectivity index (χ4n) is 5.88. The molecule has 0 spiro atoms. The predicted molar refractivity (Wildman–Crippen MR) is 154 cm³/mol. The van der Waals surface area contributed by atoms with Crippen molar-refractivity contribution in [3.63, 3.8) is 0 Å². The average Bonchev–Trinajstić information content (AvgIpc) is 3.57. The first-order valence-corrected chi connectivity index (χ1v) is 14.0. The minimum atomic E-state index is -1.13. The van der Waals surface area contributed by atoms with Crippen LogP contribution in [-0.4, -0.2) is 80.8 Å². The van der Waals surface area contributed by atoms with Gasteiger partial charge in [0.25, 0.3) is 5.91 Å². The Morgan fingerprint density at radius 3 is 2.64 bits per heavy atom. The molecule has 42 heavy (non-hydrogen) atoms. The molecule has 2 aromatic carbocycles. The molecule has 4 N–H and O–H groups in total. The van der Waals surface area contributed by atoms with E-state index in [1.54, 1.807) is 24.5 Å². The number of nitrogens with one attached hydrogen (secondary N) is 2. The molecule has 12 heteroatoms. The molecule has 0 radical (unpaired) electrons. The number of methoxy groups -OCH3 is 2. The Morgan fingerprint density at radius 2 is 1.88 bits per heavy atom. The van der Waals surface area contributed by atoms with Gasteiger partial charge in [-0.1, -0.05) is 24.3 Å². The van der Waals surface area contributed by atoms with Crippen LogP contribution in [0.1, 0.15) is 40.4 Å². The molecule has 0 bridgehead atoms. The third-order valence-corrected chi connectivity index (χ3v) is 8.05. The zero-order chi connectivity index (χ0) is 29.2. The van der Waals surface area contributed by atoms with Gasteiger partial charge in [-0.05, 0) is 42.5 Å². The van der Waals surface area contributed by atoms with Gasteiger partial charge in [-0.3, -0.25) is 4.79 Å². The molecule has 3 unspecified atom stereocenters. The van der Waals surface area contributed by atoms with Crippen molar-refractivity contribution in [1.82, 2.24) is 24.8 Å². The molecule has 220 valence electrons. The lowest BCUT2D eigenvalue weighted by Crippen LogP contribution is -2.49. The molecule has 6 rings (SSSR count). The Labute approximate surface area is 242 Å². The molecule has 1 aliphatic carbocycles. The molecule has 4 aromatic rings. The number of hydrogen-bond donors (Lipinski definition) is 4. The summed E-state index contributed by atoms with van der Waals surface area (Å²) in [6.45, 7) is -0.181. The van der Waals surface area contributed by atoms with Crippen molar-refractivity contribution in [1.29, 1.82) is 0 Å². The van der Waals surface area contributed by atoms with Crippen LogP contribution >= 0.6 is 0 Å². The average molecular weight is 575 g/mol. The number of aromatic nitrogens is 4. The van der Waals surface area contributed by atoms with Crippen molar-refractivity contribution in [3.8, 4) is 11.5 Å². The van der Waals surface area contributed by atoms with E-state index in [0.717, 1.165) is 19.3 Å². The van der Waals surface area contributed by atoms with Crippen molar-refractivity contribution in [2.45, 2.75) is 56.2 Å². The maximum absolute atomic E-state index is 13.3. The van der Waals surface area contributed by atoms with Gasteiger partial charge in [0.2, 0.25) is 0 Å². The Hall–Kier alpha value is -4.26. The van der Waals surface area contributed by atoms with Crippen LogP contribution in [0.2, 0.25) is 0 Å². The molecule has 2 aliphatic rings. The summed E-state index contributed by atoms with van der Waals surface area (Å²) in [5.74, 6) is 1.11. The molecule has 3 heterocycles. The van der Waals surface area contributed by atoms with Crippen LogP contribution in [-0.2, 0) is 17.7 Å². The number of ether oxygens (including phenoxy) is 3. The Bertz CT molecular complexity index is 1550. The van der Waals surface area contributed by atoms with Gasteiger partial charge in [0.1, 0.15) is 35.6 Å². The summed E-state index contributed by atoms with van der Waals surface area (Å²) in [7, 11) is 3.00. The topological polar surface area (TPSA) is 153 Å². The molecule has 1 aliphatic heterocycles. The highest BCUT2D eigenvalue weighted by atomic mass is 16.5. The van der Waals surface area contributed by atoms with Crippen molar-refractivity contribution < 1.29 is 29.2 Å². The first-order chi connectivity index (χ1) is 20.5. The van der Waals surface area contributed by atoms with E-state index in [1.807, 2.05) is 4.57 Å². The van der Waals surface area contributed by atoms with Gasteiger partial charge in [-0.15, -0.1) is 0 Å². The van der Waals surface area contributed by atoms with Gasteiger partial charge in [0.05, 0.1) is 51.9 Å². The van der Waals surface area contributed by atoms with Gasteiger partial charge in [-0.25, -0.2) is 15.0 Å². The van der Waals surface area contributed by atoms with Crippen LogP contribution in [0, 0.1) is 0 Å². The van der Waals surface area contributed by atoms with Gasteiger partial charge in [0, 0.05) is 11.6 Å². The Kier molecular flexibility index (Phi) is 7.92. The second kappa shape index (κ2) is 11.9. The minimum absolute atomic E-state index is 0.117. The summed E-state index contributed by atoms with van der Waals surface area (Å²) >= 11 is 0. The summed E-state index contributed by atoms with van der Waals surface area (Å²) in [6.07, 6.45) is 3.59. The van der Waals surface area contributed by atoms with Crippen LogP contribution in [0.25, 0.3) is 11.2 Å². The van der Waals surface area contributed by atoms with Gasteiger partial charge < -0.3 is 39.6 Å². The maximum Gasteiger partial charge on any atom is 0.251 e. The largest absolute Gasteiger partial charge is 0.497 e. The van der Waals surface area contributed by atoms with Gasteiger partial charge >= 0.3 is 0 Å². The van der Waals surface area contributed by atoms with E-state index in [2.05, 4.69) is 49.9 Å². The van der Waals surface area contributed by atoms with E-state index in [4.69, 9.17) is 14.2 Å². The highest BCUT2D eigenvalue weighted by Gasteiger charge is 2.44. The van der Waals surface area contributed by atoms with E-state index in [1.165, 1.54) is 31.7 Å². The van der Waals surface area contributed by atoms with Crippen molar-refractivity contribution in [2.24, 2.45) is 0 Å². The van der Waals surface area contributed by atoms with Gasteiger partial charge in [-0.2, -0.15) is 0 Å². The number of hydrogen-bond acceptors (Lipinski definition) is 10. The van der Waals surface area contributed by atoms with Crippen molar-refractivity contribution in [3.05, 3.63) is 71.8 Å². The minimum Gasteiger partial charge on any atom is -0.497 e. The van der Waals surface area contributed by atoms with E-state index in [-0.39, 0.29) is 12.6 Å². The molecule has 0 saturated carbocycles. The Balaban J connectivity index is 1.23. The highest BCUT2D eigenvalue weighted by molar-refractivity contribution is 5.95. The number of imidazole rings is 1. The number of carbonyl (C=O) groups is 1. The van der Waals surface area contributed by atoms with Crippen molar-refractivity contribution in [2.75, 3.05) is 26.1 Å². The molecule has 12 nitrogen and oxygen atoms in total. The van der Waals surface area contributed by atoms with Crippen LogP contribution in [0.5, 0.6) is 11.5 Å². The predicted octanol–water partition coefficient (Wildman–Crippen LogP) is 2.25. The molecule has 5 atom stereocenters. The number of rotatable bonds is 9. The van der Waals surface area contributed by atoms with Gasteiger partial charge in [0.15, 0.2) is 11.5 Å². The third-order valence-electron chi connectivity index (χ3n) is 8.05. The zero-order valence-electron chi connectivity index (χ0n) is 23.4. The summed E-state index contributed by atoms with van der Waals surface area (Å²) < 4.78 is 18.4. The number of aliphatic hydroxyl groups is 2. The quantitative estimate of drug-likeness (QED) is 0.234. The molecule has 2 aromatic heterocycles. The summed E-state index contributed by atoms with van der Waals surface area (Å²) in [5.41, 5.74) is 4.11. The van der Waals surface area contributed by atoms with Crippen molar-refractivity contribution >= 4 is 22.9 Å². The summed E-state index contributed by atoms with van der Waals surface area (Å²) in [6, 6.07) is 12.6. The fourth-order valence-corrected chi connectivity index (χ4v) is 5.88. The first kappa shape index (κ1) is 27.9. The molecule has 1 saturated heterocycles.